The van der Waals surface area contributed by atoms with Crippen LogP contribution < -0.4 is 5.73 Å². The molecular weight excluding hydrogens is 312 g/mol. The minimum Gasteiger partial charge on any atom is -0.324 e. The second-order valence-corrected chi connectivity index (χ2v) is 5.72. The number of aromatic nitrogens is 1. The molecule has 1 heterocycles. The van der Waals surface area contributed by atoms with Crippen LogP contribution in [0.25, 0.3) is 10.9 Å². The zero-order valence-corrected chi connectivity index (χ0v) is 12.5. The molecule has 3 heteroatoms. The van der Waals surface area contributed by atoms with Gasteiger partial charge in [0.15, 0.2) is 0 Å². The molecule has 1 atom stereocenters. The van der Waals surface area contributed by atoms with Crippen LogP contribution in [0.3, 0.4) is 0 Å². The Hall–Kier alpha value is -1.71. The molecule has 20 heavy (non-hydrogen) atoms. The van der Waals surface area contributed by atoms with Crippen molar-refractivity contribution in [1.82, 2.24) is 4.98 Å². The molecule has 1 aromatic heterocycles. The van der Waals surface area contributed by atoms with E-state index in [0.717, 1.165) is 27.4 Å². The molecule has 0 saturated heterocycles. The predicted molar refractivity (Wildman–Crippen MR) is 86.5 cm³/mol. The zero-order valence-electron chi connectivity index (χ0n) is 11.0. The van der Waals surface area contributed by atoms with Gasteiger partial charge in [-0.05, 0) is 35.7 Å². The van der Waals surface area contributed by atoms with Crippen molar-refractivity contribution in [2.24, 2.45) is 5.73 Å². The van der Waals surface area contributed by atoms with E-state index in [4.69, 9.17) is 5.73 Å². The number of hydrogen-bond donors (Lipinski definition) is 1. The lowest BCUT2D eigenvalue weighted by Gasteiger charge is -2.13. The molecule has 0 amide bonds. The number of hydrogen-bond acceptors (Lipinski definition) is 2. The van der Waals surface area contributed by atoms with Crippen LogP contribution in [-0.2, 0) is 6.42 Å². The van der Waals surface area contributed by atoms with Crippen molar-refractivity contribution in [1.29, 1.82) is 0 Å². The van der Waals surface area contributed by atoms with Crippen molar-refractivity contribution in [3.63, 3.8) is 0 Å². The summed E-state index contributed by atoms with van der Waals surface area (Å²) in [6, 6.07) is 18.4. The van der Waals surface area contributed by atoms with Crippen molar-refractivity contribution in [2.75, 3.05) is 0 Å². The Morgan fingerprint density at radius 2 is 1.80 bits per heavy atom. The topological polar surface area (TPSA) is 38.9 Å². The summed E-state index contributed by atoms with van der Waals surface area (Å²) in [7, 11) is 0. The summed E-state index contributed by atoms with van der Waals surface area (Å²) in [4.78, 5) is 4.47. The van der Waals surface area contributed by atoms with Crippen molar-refractivity contribution in [3.05, 3.63) is 76.4 Å². The Labute approximate surface area is 126 Å². The molecule has 0 fully saturated rings. The fraction of sp³-hybridized carbons (Fsp3) is 0.118. The molecule has 0 aliphatic heterocycles. The Morgan fingerprint density at radius 1 is 1.05 bits per heavy atom. The van der Waals surface area contributed by atoms with Gasteiger partial charge in [-0.1, -0.05) is 52.3 Å². The molecule has 2 N–H and O–H groups in total. The number of halogens is 1. The zero-order chi connectivity index (χ0) is 13.9. The van der Waals surface area contributed by atoms with Crippen LogP contribution in [0.5, 0.6) is 0 Å². The Balaban J connectivity index is 1.89. The summed E-state index contributed by atoms with van der Waals surface area (Å²) in [6.45, 7) is 0. The van der Waals surface area contributed by atoms with Gasteiger partial charge in [0.05, 0.1) is 5.52 Å². The van der Waals surface area contributed by atoms with Gasteiger partial charge in [-0.3, -0.25) is 4.98 Å². The highest BCUT2D eigenvalue weighted by Gasteiger charge is 2.10. The highest BCUT2D eigenvalue weighted by molar-refractivity contribution is 9.10. The third kappa shape index (κ3) is 2.74. The molecule has 0 spiro atoms. The van der Waals surface area contributed by atoms with E-state index < -0.39 is 0 Å². The first kappa shape index (κ1) is 13.3. The fourth-order valence-corrected chi connectivity index (χ4v) is 2.76. The molecule has 100 valence electrons. The molecule has 2 nitrogen and oxygen atoms in total. The molecule has 0 aliphatic carbocycles. The standard InChI is InChI=1S/C17H15BrN2/c18-15-7-3-1-5-12(15)10-16(19)14-9-13-6-2-4-8-17(13)20-11-14/h1-9,11,16H,10,19H2. The van der Waals surface area contributed by atoms with E-state index in [1.165, 1.54) is 5.56 Å². The number of para-hydroxylation sites is 1. The maximum atomic E-state index is 6.33. The van der Waals surface area contributed by atoms with Crippen LogP contribution in [0.2, 0.25) is 0 Å². The van der Waals surface area contributed by atoms with Gasteiger partial charge in [0.1, 0.15) is 0 Å². The van der Waals surface area contributed by atoms with Gasteiger partial charge in [-0.15, -0.1) is 0 Å². The van der Waals surface area contributed by atoms with E-state index >= 15 is 0 Å². The average Bonchev–Trinajstić information content (AvgIpc) is 2.49. The highest BCUT2D eigenvalue weighted by atomic mass is 79.9. The summed E-state index contributed by atoms with van der Waals surface area (Å²) in [5.41, 5.74) is 9.61. The molecule has 0 bridgehead atoms. The molecule has 1 unspecified atom stereocenters. The van der Waals surface area contributed by atoms with Crippen molar-refractivity contribution < 1.29 is 0 Å². The smallest absolute Gasteiger partial charge is 0.0702 e. The maximum absolute atomic E-state index is 6.33. The van der Waals surface area contributed by atoms with E-state index in [9.17, 15) is 0 Å². The van der Waals surface area contributed by atoms with E-state index in [-0.39, 0.29) is 6.04 Å². The number of benzene rings is 2. The third-order valence-corrected chi connectivity index (χ3v) is 4.21. The summed E-state index contributed by atoms with van der Waals surface area (Å²) in [5, 5.41) is 1.13. The lowest BCUT2D eigenvalue weighted by atomic mass is 10.00. The minimum absolute atomic E-state index is 0.0502. The third-order valence-electron chi connectivity index (χ3n) is 3.44. The molecule has 3 aromatic rings. The predicted octanol–water partition coefficient (Wildman–Crippen LogP) is 4.24. The summed E-state index contributed by atoms with van der Waals surface area (Å²) >= 11 is 3.57. The van der Waals surface area contributed by atoms with Crippen LogP contribution in [0.15, 0.2) is 65.3 Å². The van der Waals surface area contributed by atoms with Crippen LogP contribution in [0.1, 0.15) is 17.2 Å². The molecular formula is C17H15BrN2. The number of rotatable bonds is 3. The SMILES string of the molecule is NC(Cc1ccccc1Br)c1cnc2ccccc2c1. The minimum atomic E-state index is -0.0502. The first-order valence-corrected chi connectivity index (χ1v) is 7.37. The number of nitrogens with two attached hydrogens (primary N) is 1. The molecule has 2 aromatic carbocycles. The quantitative estimate of drug-likeness (QED) is 0.781. The Kier molecular flexibility index (Phi) is 3.81. The average molecular weight is 327 g/mol. The second kappa shape index (κ2) is 5.73. The van der Waals surface area contributed by atoms with Gasteiger partial charge >= 0.3 is 0 Å². The lowest BCUT2D eigenvalue weighted by Crippen LogP contribution is -2.14. The van der Waals surface area contributed by atoms with Crippen LogP contribution >= 0.6 is 15.9 Å². The van der Waals surface area contributed by atoms with Gasteiger partial charge in [0, 0.05) is 22.1 Å². The van der Waals surface area contributed by atoms with E-state index in [1.807, 2.05) is 42.6 Å². The van der Waals surface area contributed by atoms with Crippen molar-refractivity contribution in [3.8, 4) is 0 Å². The van der Waals surface area contributed by atoms with Crippen molar-refractivity contribution in [2.45, 2.75) is 12.5 Å². The van der Waals surface area contributed by atoms with Crippen molar-refractivity contribution >= 4 is 26.8 Å². The number of fused-ring (bicyclic) bond motifs is 1. The second-order valence-electron chi connectivity index (χ2n) is 4.86. The number of nitrogens with zero attached hydrogens (tertiary/aromatic N) is 1. The maximum Gasteiger partial charge on any atom is 0.0702 e. The van der Waals surface area contributed by atoms with E-state index in [1.54, 1.807) is 0 Å². The van der Waals surface area contributed by atoms with Gasteiger partial charge < -0.3 is 5.73 Å². The summed E-state index contributed by atoms with van der Waals surface area (Å²) < 4.78 is 1.10. The van der Waals surface area contributed by atoms with Crippen LogP contribution in [0.4, 0.5) is 0 Å². The first-order chi connectivity index (χ1) is 9.74. The van der Waals surface area contributed by atoms with E-state index in [0.29, 0.717) is 0 Å². The molecule has 0 aliphatic rings. The van der Waals surface area contributed by atoms with Gasteiger partial charge in [-0.25, -0.2) is 0 Å². The Bertz CT molecular complexity index is 740. The lowest BCUT2D eigenvalue weighted by molar-refractivity contribution is 0.718. The molecule has 0 saturated carbocycles. The normalized spacial score (nSPS) is 12.5. The largest absolute Gasteiger partial charge is 0.324 e. The van der Waals surface area contributed by atoms with E-state index in [2.05, 4.69) is 39.1 Å². The summed E-state index contributed by atoms with van der Waals surface area (Å²) in [5.74, 6) is 0. The summed E-state index contributed by atoms with van der Waals surface area (Å²) in [6.07, 6.45) is 2.67. The monoisotopic (exact) mass is 326 g/mol. The Morgan fingerprint density at radius 3 is 2.65 bits per heavy atom. The molecule has 3 rings (SSSR count). The van der Waals surface area contributed by atoms with Crippen LogP contribution in [0, 0.1) is 0 Å². The molecule has 0 radical (unpaired) electrons. The highest BCUT2D eigenvalue weighted by Crippen LogP contribution is 2.23. The van der Waals surface area contributed by atoms with Gasteiger partial charge in [0.25, 0.3) is 0 Å². The van der Waals surface area contributed by atoms with Gasteiger partial charge in [0.2, 0.25) is 0 Å². The van der Waals surface area contributed by atoms with Crippen LogP contribution in [-0.4, -0.2) is 4.98 Å². The number of pyridine rings is 1. The fourth-order valence-electron chi connectivity index (χ4n) is 2.31. The first-order valence-electron chi connectivity index (χ1n) is 6.58. The van der Waals surface area contributed by atoms with Gasteiger partial charge in [-0.2, -0.15) is 0 Å².